The van der Waals surface area contributed by atoms with Crippen LogP contribution < -0.4 is 4.18 Å². The van der Waals surface area contributed by atoms with Crippen molar-refractivity contribution in [2.24, 2.45) is 5.92 Å². The molecule has 1 fully saturated rings. The number of carboxylic acid groups (broad SMARTS) is 1. The summed E-state index contributed by atoms with van der Waals surface area (Å²) in [6, 6.07) is 4.09. The van der Waals surface area contributed by atoms with Crippen LogP contribution in [-0.2, 0) is 21.3 Å². The number of hydrogen-bond donors (Lipinski definition) is 1. The SMILES string of the molecule is CC1=C(CN2CC(C(=O)O)C2)CCc2cc(OS(=O)(=O)C(F)(F)F)ccc21. The maximum atomic E-state index is 12.4. The zero-order valence-electron chi connectivity index (χ0n) is 14.4. The zero-order valence-corrected chi connectivity index (χ0v) is 15.2. The van der Waals surface area contributed by atoms with Gasteiger partial charge in [-0.25, -0.2) is 0 Å². The summed E-state index contributed by atoms with van der Waals surface area (Å²) in [4.78, 5) is 12.9. The van der Waals surface area contributed by atoms with Gasteiger partial charge in [-0.1, -0.05) is 11.6 Å². The number of rotatable bonds is 5. The summed E-state index contributed by atoms with van der Waals surface area (Å²) >= 11 is 0. The third-order valence-electron chi connectivity index (χ3n) is 4.92. The first-order valence-corrected chi connectivity index (χ1v) is 9.66. The van der Waals surface area contributed by atoms with Crippen LogP contribution in [0.1, 0.15) is 24.5 Å². The molecule has 1 saturated heterocycles. The second-order valence-electron chi connectivity index (χ2n) is 6.76. The van der Waals surface area contributed by atoms with Crippen LogP contribution in [0.3, 0.4) is 0 Å². The van der Waals surface area contributed by atoms with Crippen LogP contribution in [0.5, 0.6) is 5.75 Å². The number of hydrogen-bond acceptors (Lipinski definition) is 5. The number of aryl methyl sites for hydroxylation is 1. The highest BCUT2D eigenvalue weighted by Crippen LogP contribution is 2.35. The van der Waals surface area contributed by atoms with Gasteiger partial charge in [-0.05, 0) is 48.6 Å². The molecule has 0 radical (unpaired) electrons. The van der Waals surface area contributed by atoms with E-state index in [4.69, 9.17) is 5.11 Å². The number of benzene rings is 1. The molecule has 3 rings (SSSR count). The van der Waals surface area contributed by atoms with Crippen LogP contribution in [0.25, 0.3) is 5.57 Å². The first kappa shape index (κ1) is 19.7. The van der Waals surface area contributed by atoms with E-state index < -0.39 is 21.6 Å². The summed E-state index contributed by atoms with van der Waals surface area (Å²) in [5.41, 5.74) is -1.80. The Hall–Kier alpha value is -2.07. The third kappa shape index (κ3) is 3.96. The maximum absolute atomic E-state index is 12.4. The van der Waals surface area contributed by atoms with Gasteiger partial charge in [0.1, 0.15) is 5.75 Å². The summed E-state index contributed by atoms with van der Waals surface area (Å²) in [5, 5.41) is 8.93. The molecule has 1 aliphatic carbocycles. The number of fused-ring (bicyclic) bond motifs is 1. The van der Waals surface area contributed by atoms with E-state index in [2.05, 4.69) is 4.18 Å². The molecule has 10 heteroatoms. The standard InChI is InChI=1S/C17H18F3NO5S/c1-10-12(7-21-8-13(9-21)16(22)23)3-2-11-6-14(4-5-15(10)11)26-27(24,25)17(18,19)20/h4-6,13H,2-3,7-9H2,1H3,(H,22,23). The molecule has 0 spiro atoms. The van der Waals surface area contributed by atoms with Crippen LogP contribution in [0.15, 0.2) is 23.8 Å². The van der Waals surface area contributed by atoms with Crippen molar-refractivity contribution in [3.8, 4) is 5.75 Å². The smallest absolute Gasteiger partial charge is 0.481 e. The summed E-state index contributed by atoms with van der Waals surface area (Å²) in [6.45, 7) is 3.55. The minimum absolute atomic E-state index is 0.336. The monoisotopic (exact) mass is 405 g/mol. The van der Waals surface area contributed by atoms with Crippen LogP contribution in [0.2, 0.25) is 0 Å². The number of allylic oxidation sites excluding steroid dienone is 1. The highest BCUT2D eigenvalue weighted by Gasteiger charge is 2.48. The molecule has 1 N–H and O–H groups in total. The average molecular weight is 405 g/mol. The van der Waals surface area contributed by atoms with Crippen LogP contribution in [0, 0.1) is 5.92 Å². The van der Waals surface area contributed by atoms with Crippen molar-refractivity contribution in [3.05, 3.63) is 34.9 Å². The second-order valence-corrected chi connectivity index (χ2v) is 8.30. The van der Waals surface area contributed by atoms with E-state index in [0.29, 0.717) is 32.5 Å². The van der Waals surface area contributed by atoms with Crippen LogP contribution in [0.4, 0.5) is 13.2 Å². The fourth-order valence-electron chi connectivity index (χ4n) is 3.35. The molecular weight excluding hydrogens is 387 g/mol. The van der Waals surface area contributed by atoms with Crippen molar-refractivity contribution >= 4 is 21.7 Å². The minimum atomic E-state index is -5.69. The molecule has 0 aromatic heterocycles. The number of carboxylic acids is 1. The summed E-state index contributed by atoms with van der Waals surface area (Å²) in [7, 11) is -5.69. The highest BCUT2D eigenvalue weighted by atomic mass is 32.2. The van der Waals surface area contributed by atoms with Crippen molar-refractivity contribution in [2.75, 3.05) is 19.6 Å². The zero-order chi connectivity index (χ0) is 20.0. The normalized spacial score (nSPS) is 18.8. The molecule has 1 aromatic carbocycles. The Balaban J connectivity index is 1.74. The van der Waals surface area contributed by atoms with Gasteiger partial charge in [-0.2, -0.15) is 21.6 Å². The Morgan fingerprint density at radius 1 is 1.30 bits per heavy atom. The minimum Gasteiger partial charge on any atom is -0.481 e. The van der Waals surface area contributed by atoms with Gasteiger partial charge in [0.15, 0.2) is 0 Å². The molecule has 0 unspecified atom stereocenters. The lowest BCUT2D eigenvalue weighted by molar-refractivity contribution is -0.147. The van der Waals surface area contributed by atoms with Crippen LogP contribution >= 0.6 is 0 Å². The predicted octanol–water partition coefficient (Wildman–Crippen LogP) is 2.65. The van der Waals surface area contributed by atoms with E-state index in [9.17, 15) is 26.4 Å². The van der Waals surface area contributed by atoms with Crippen molar-refractivity contribution in [2.45, 2.75) is 25.3 Å². The quantitative estimate of drug-likeness (QED) is 0.599. The molecule has 0 saturated carbocycles. The largest absolute Gasteiger partial charge is 0.534 e. The van der Waals surface area contributed by atoms with E-state index in [-0.39, 0.29) is 11.7 Å². The van der Waals surface area contributed by atoms with E-state index in [1.54, 1.807) is 6.07 Å². The van der Waals surface area contributed by atoms with Gasteiger partial charge in [0.05, 0.1) is 5.92 Å². The first-order chi connectivity index (χ1) is 12.5. The van der Waals surface area contributed by atoms with Gasteiger partial charge in [-0.3, -0.25) is 9.69 Å². The molecule has 148 valence electrons. The Morgan fingerprint density at radius 3 is 2.56 bits per heavy atom. The summed E-state index contributed by atoms with van der Waals surface area (Å²) < 4.78 is 63.8. The molecule has 1 heterocycles. The van der Waals surface area contributed by atoms with Gasteiger partial charge >= 0.3 is 21.6 Å². The molecule has 6 nitrogen and oxygen atoms in total. The van der Waals surface area contributed by atoms with E-state index in [0.717, 1.165) is 22.3 Å². The molecule has 2 aliphatic rings. The Labute approximate surface area is 154 Å². The number of likely N-dealkylation sites (tertiary alicyclic amines) is 1. The topological polar surface area (TPSA) is 83.9 Å². The van der Waals surface area contributed by atoms with Gasteiger partial charge in [0, 0.05) is 19.6 Å². The second kappa shape index (κ2) is 6.83. The summed E-state index contributed by atoms with van der Waals surface area (Å²) in [5.74, 6) is -1.50. The molecule has 0 bridgehead atoms. The van der Waals surface area contributed by atoms with Gasteiger partial charge in [0.2, 0.25) is 0 Å². The van der Waals surface area contributed by atoms with Crippen molar-refractivity contribution < 1.29 is 35.7 Å². The van der Waals surface area contributed by atoms with Crippen molar-refractivity contribution in [3.63, 3.8) is 0 Å². The Morgan fingerprint density at radius 2 is 1.96 bits per heavy atom. The lowest BCUT2D eigenvalue weighted by atomic mass is 9.85. The number of halogens is 3. The Kier molecular flexibility index (Phi) is 4.98. The van der Waals surface area contributed by atoms with E-state index in [1.165, 1.54) is 12.1 Å². The lowest BCUT2D eigenvalue weighted by Crippen LogP contribution is -2.50. The lowest BCUT2D eigenvalue weighted by Gasteiger charge is -2.38. The summed E-state index contributed by atoms with van der Waals surface area (Å²) in [6.07, 6.45) is 1.21. The Bertz CT molecular complexity index is 902. The van der Waals surface area contributed by atoms with E-state index in [1.807, 2.05) is 11.8 Å². The molecule has 0 amide bonds. The predicted molar refractivity (Wildman–Crippen MR) is 90.5 cm³/mol. The number of nitrogens with zero attached hydrogens (tertiary/aromatic N) is 1. The number of alkyl halides is 3. The van der Waals surface area contributed by atoms with Crippen molar-refractivity contribution in [1.29, 1.82) is 0 Å². The van der Waals surface area contributed by atoms with Gasteiger partial charge in [0.25, 0.3) is 0 Å². The third-order valence-corrected chi connectivity index (χ3v) is 5.90. The maximum Gasteiger partial charge on any atom is 0.534 e. The van der Waals surface area contributed by atoms with Crippen molar-refractivity contribution in [1.82, 2.24) is 4.90 Å². The number of aliphatic carboxylic acids is 1. The average Bonchev–Trinajstić information content (AvgIpc) is 2.50. The first-order valence-electron chi connectivity index (χ1n) is 8.26. The highest BCUT2D eigenvalue weighted by molar-refractivity contribution is 7.88. The molecule has 1 aliphatic heterocycles. The van der Waals surface area contributed by atoms with Gasteiger partial charge < -0.3 is 9.29 Å². The molecule has 27 heavy (non-hydrogen) atoms. The van der Waals surface area contributed by atoms with Crippen LogP contribution in [-0.4, -0.2) is 49.5 Å². The molecule has 1 aromatic rings. The molecule has 0 atom stereocenters. The molecular formula is C17H18F3NO5S. The van der Waals surface area contributed by atoms with Gasteiger partial charge in [-0.15, -0.1) is 0 Å². The fraction of sp³-hybridized carbons (Fsp3) is 0.471. The fourth-order valence-corrected chi connectivity index (χ4v) is 3.81. The van der Waals surface area contributed by atoms with E-state index >= 15 is 0 Å². The number of carbonyl (C=O) groups is 1.